The number of aromatic nitrogens is 1. The van der Waals surface area contributed by atoms with E-state index in [1.54, 1.807) is 0 Å². The molecule has 0 aliphatic carbocycles. The second-order valence-corrected chi connectivity index (χ2v) is 5.09. The van der Waals surface area contributed by atoms with E-state index in [2.05, 4.69) is 15.4 Å². The molecular weight excluding hydrogens is 238 g/mol. The van der Waals surface area contributed by atoms with E-state index in [0.717, 1.165) is 30.6 Å². The van der Waals surface area contributed by atoms with Gasteiger partial charge in [0.15, 0.2) is 0 Å². The molecule has 4 nitrogen and oxygen atoms in total. The van der Waals surface area contributed by atoms with E-state index in [1.165, 1.54) is 25.8 Å². The Balaban J connectivity index is 0.00000108. The molecule has 1 N–H and O–H groups in total. The number of fused-ring (bicyclic) bond motifs is 2. The van der Waals surface area contributed by atoms with Gasteiger partial charge in [-0.2, -0.15) is 0 Å². The van der Waals surface area contributed by atoms with Gasteiger partial charge in [-0.1, -0.05) is 5.16 Å². The lowest BCUT2D eigenvalue weighted by molar-refractivity contribution is 0.243. The van der Waals surface area contributed by atoms with Crippen molar-refractivity contribution < 1.29 is 4.52 Å². The monoisotopic (exact) mass is 257 g/mol. The van der Waals surface area contributed by atoms with Crippen LogP contribution in [-0.2, 0) is 6.54 Å². The normalized spacial score (nSPS) is 28.8. The van der Waals surface area contributed by atoms with Crippen molar-refractivity contribution in [2.75, 3.05) is 13.1 Å². The van der Waals surface area contributed by atoms with Crippen molar-refractivity contribution in [3.8, 4) is 0 Å². The Morgan fingerprint density at radius 1 is 1.41 bits per heavy atom. The average Bonchev–Trinajstić information content (AvgIpc) is 2.77. The van der Waals surface area contributed by atoms with Crippen LogP contribution in [0.15, 0.2) is 10.6 Å². The minimum absolute atomic E-state index is 0. The summed E-state index contributed by atoms with van der Waals surface area (Å²) in [5, 5.41) is 7.75. The van der Waals surface area contributed by atoms with Gasteiger partial charge in [0.25, 0.3) is 0 Å². The number of hydrogen-bond donors (Lipinski definition) is 1. The molecule has 96 valence electrons. The molecule has 2 unspecified atom stereocenters. The van der Waals surface area contributed by atoms with E-state index in [9.17, 15) is 0 Å². The van der Waals surface area contributed by atoms with E-state index in [1.807, 2.05) is 13.0 Å². The Kier molecular flexibility index (Phi) is 4.07. The summed E-state index contributed by atoms with van der Waals surface area (Å²) in [5.74, 6) is 0.907. The zero-order chi connectivity index (χ0) is 11.0. The second kappa shape index (κ2) is 5.38. The fourth-order valence-corrected chi connectivity index (χ4v) is 2.88. The lowest BCUT2D eigenvalue weighted by Gasteiger charge is -2.22. The topological polar surface area (TPSA) is 41.3 Å². The smallest absolute Gasteiger partial charge is 0.133 e. The highest BCUT2D eigenvalue weighted by Gasteiger charge is 2.29. The summed E-state index contributed by atoms with van der Waals surface area (Å²) in [6, 6.07) is 3.49. The lowest BCUT2D eigenvalue weighted by Crippen LogP contribution is -2.35. The summed E-state index contributed by atoms with van der Waals surface area (Å²) < 4.78 is 5.11. The highest BCUT2D eigenvalue weighted by Crippen LogP contribution is 2.21. The van der Waals surface area contributed by atoms with Crippen LogP contribution in [0.2, 0.25) is 0 Å². The molecule has 2 aliphatic rings. The van der Waals surface area contributed by atoms with Gasteiger partial charge in [0.05, 0.1) is 5.69 Å². The summed E-state index contributed by atoms with van der Waals surface area (Å²) in [4.78, 5) is 2.49. The average molecular weight is 258 g/mol. The van der Waals surface area contributed by atoms with Crippen molar-refractivity contribution in [2.24, 2.45) is 0 Å². The first kappa shape index (κ1) is 12.9. The second-order valence-electron chi connectivity index (χ2n) is 5.09. The van der Waals surface area contributed by atoms with Crippen molar-refractivity contribution in [1.29, 1.82) is 0 Å². The summed E-state index contributed by atoms with van der Waals surface area (Å²) in [5.41, 5.74) is 1.07. The third-order valence-corrected chi connectivity index (χ3v) is 3.67. The van der Waals surface area contributed by atoms with Crippen molar-refractivity contribution in [3.63, 3.8) is 0 Å². The summed E-state index contributed by atoms with van der Waals surface area (Å²) in [6.07, 6.45) is 3.97. The molecule has 3 rings (SSSR count). The van der Waals surface area contributed by atoms with Gasteiger partial charge < -0.3 is 9.84 Å². The van der Waals surface area contributed by atoms with Gasteiger partial charge >= 0.3 is 0 Å². The van der Waals surface area contributed by atoms with Crippen LogP contribution in [0.3, 0.4) is 0 Å². The molecule has 2 fully saturated rings. The number of aryl methyl sites for hydroxylation is 1. The molecule has 2 saturated heterocycles. The van der Waals surface area contributed by atoms with Crippen molar-refractivity contribution in [2.45, 2.75) is 44.8 Å². The predicted octanol–water partition coefficient (Wildman–Crippen LogP) is 1.73. The Labute approximate surface area is 108 Å². The Morgan fingerprint density at radius 3 is 3.00 bits per heavy atom. The van der Waals surface area contributed by atoms with Crippen LogP contribution in [0, 0.1) is 6.92 Å². The summed E-state index contributed by atoms with van der Waals surface area (Å²) in [7, 11) is 0. The van der Waals surface area contributed by atoms with Gasteiger partial charge in [-0.25, -0.2) is 0 Å². The first-order valence-corrected chi connectivity index (χ1v) is 6.20. The zero-order valence-electron chi connectivity index (χ0n) is 10.2. The Morgan fingerprint density at radius 2 is 2.24 bits per heavy atom. The maximum Gasteiger partial charge on any atom is 0.133 e. The molecule has 0 aromatic carbocycles. The SMILES string of the molecule is Cc1cc(CN2CCC3CCC(C2)N3)no1.Cl. The standard InChI is InChI=1S/C12H19N3O.ClH/c1-9-6-12(14-16-9)8-15-5-4-10-2-3-11(7-15)13-10;/h6,10-11,13H,2-5,7-8H2,1H3;1H. The van der Waals surface area contributed by atoms with Crippen LogP contribution in [0.25, 0.3) is 0 Å². The third kappa shape index (κ3) is 3.00. The van der Waals surface area contributed by atoms with Crippen LogP contribution in [-0.4, -0.2) is 35.2 Å². The number of hydrogen-bond acceptors (Lipinski definition) is 4. The van der Waals surface area contributed by atoms with E-state index in [0.29, 0.717) is 6.04 Å². The van der Waals surface area contributed by atoms with E-state index in [4.69, 9.17) is 4.52 Å². The third-order valence-electron chi connectivity index (χ3n) is 3.67. The molecule has 0 amide bonds. The number of nitrogens with zero attached hydrogens (tertiary/aromatic N) is 2. The first-order valence-electron chi connectivity index (χ1n) is 6.20. The number of nitrogens with one attached hydrogen (secondary N) is 1. The van der Waals surface area contributed by atoms with Gasteiger partial charge in [0.2, 0.25) is 0 Å². The number of rotatable bonds is 2. The minimum Gasteiger partial charge on any atom is -0.361 e. The first-order chi connectivity index (χ1) is 7.79. The van der Waals surface area contributed by atoms with Crippen LogP contribution in [0.1, 0.15) is 30.7 Å². The minimum atomic E-state index is 0. The van der Waals surface area contributed by atoms with Crippen LogP contribution < -0.4 is 5.32 Å². The molecule has 0 spiro atoms. The number of halogens is 1. The van der Waals surface area contributed by atoms with Gasteiger partial charge in [-0.15, -0.1) is 12.4 Å². The lowest BCUT2D eigenvalue weighted by atomic mass is 10.1. The van der Waals surface area contributed by atoms with E-state index in [-0.39, 0.29) is 12.4 Å². The molecule has 2 aliphatic heterocycles. The summed E-state index contributed by atoms with van der Waals surface area (Å²) >= 11 is 0. The highest BCUT2D eigenvalue weighted by atomic mass is 35.5. The van der Waals surface area contributed by atoms with Gasteiger partial charge in [0.1, 0.15) is 5.76 Å². The Hall–Kier alpha value is -0.580. The molecule has 2 bridgehead atoms. The van der Waals surface area contributed by atoms with Crippen LogP contribution in [0.5, 0.6) is 0 Å². The van der Waals surface area contributed by atoms with Crippen molar-refractivity contribution >= 4 is 12.4 Å². The molecular formula is C12H20ClN3O. The Bertz CT molecular complexity index is 368. The van der Waals surface area contributed by atoms with Crippen molar-refractivity contribution in [3.05, 3.63) is 17.5 Å². The molecule has 3 heterocycles. The highest BCUT2D eigenvalue weighted by molar-refractivity contribution is 5.85. The predicted molar refractivity (Wildman–Crippen MR) is 68.3 cm³/mol. The molecule has 1 aromatic heterocycles. The largest absolute Gasteiger partial charge is 0.361 e. The van der Waals surface area contributed by atoms with E-state index < -0.39 is 0 Å². The fourth-order valence-electron chi connectivity index (χ4n) is 2.88. The molecule has 0 saturated carbocycles. The molecule has 2 atom stereocenters. The molecule has 1 aromatic rings. The zero-order valence-corrected chi connectivity index (χ0v) is 11.0. The molecule has 5 heteroatoms. The van der Waals surface area contributed by atoms with Gasteiger partial charge in [-0.3, -0.25) is 4.90 Å². The van der Waals surface area contributed by atoms with Crippen LogP contribution >= 0.6 is 12.4 Å². The van der Waals surface area contributed by atoms with Crippen molar-refractivity contribution in [1.82, 2.24) is 15.4 Å². The molecule has 17 heavy (non-hydrogen) atoms. The van der Waals surface area contributed by atoms with E-state index >= 15 is 0 Å². The van der Waals surface area contributed by atoms with Gasteiger partial charge in [-0.05, 0) is 26.2 Å². The maximum atomic E-state index is 5.11. The maximum absolute atomic E-state index is 5.11. The summed E-state index contributed by atoms with van der Waals surface area (Å²) in [6.45, 7) is 5.22. The number of likely N-dealkylation sites (tertiary alicyclic amines) is 1. The van der Waals surface area contributed by atoms with Crippen LogP contribution in [0.4, 0.5) is 0 Å². The fraction of sp³-hybridized carbons (Fsp3) is 0.750. The molecule has 0 radical (unpaired) electrons. The quantitative estimate of drug-likeness (QED) is 0.876. The van der Waals surface area contributed by atoms with Gasteiger partial charge in [0, 0.05) is 37.8 Å².